The fourth-order valence-electron chi connectivity index (χ4n) is 1.50. The number of amides is 1. The van der Waals surface area contributed by atoms with E-state index in [0.717, 1.165) is 18.5 Å². The minimum atomic E-state index is -0.306. The highest BCUT2D eigenvalue weighted by atomic mass is 19.1. The van der Waals surface area contributed by atoms with E-state index in [1.807, 2.05) is 0 Å². The summed E-state index contributed by atoms with van der Waals surface area (Å²) >= 11 is 0. The number of carbonyl (C=O) groups is 1. The summed E-state index contributed by atoms with van der Waals surface area (Å²) in [6.45, 7) is 3.40. The van der Waals surface area contributed by atoms with Crippen LogP contribution in [0.4, 0.5) is 4.39 Å². The number of nitrogens with one attached hydrogen (secondary N) is 1. The summed E-state index contributed by atoms with van der Waals surface area (Å²) in [7, 11) is 3.33. The van der Waals surface area contributed by atoms with Crippen LogP contribution in [-0.2, 0) is 11.3 Å². The van der Waals surface area contributed by atoms with E-state index in [-0.39, 0.29) is 18.3 Å². The van der Waals surface area contributed by atoms with Crippen molar-refractivity contribution in [3.63, 3.8) is 0 Å². The number of carbonyl (C=O) groups excluding carboxylic acids is 1. The van der Waals surface area contributed by atoms with Crippen molar-refractivity contribution >= 4 is 5.91 Å². The maximum absolute atomic E-state index is 13.2. The SMILES string of the molecule is CCCNCc1cc(F)ccc1OCC(=O)N(C)C. The van der Waals surface area contributed by atoms with Crippen LogP contribution < -0.4 is 10.1 Å². The molecule has 5 heteroatoms. The highest BCUT2D eigenvalue weighted by molar-refractivity contribution is 5.77. The standard InChI is InChI=1S/C14H21FN2O2/c1-4-7-16-9-11-8-12(15)5-6-13(11)19-10-14(18)17(2)3/h5-6,8,16H,4,7,9-10H2,1-3H3. The highest BCUT2D eigenvalue weighted by Gasteiger charge is 2.09. The van der Waals surface area contributed by atoms with Crippen LogP contribution in [0.15, 0.2) is 18.2 Å². The summed E-state index contributed by atoms with van der Waals surface area (Å²) in [6.07, 6.45) is 1.00. The van der Waals surface area contributed by atoms with Crippen molar-refractivity contribution < 1.29 is 13.9 Å². The highest BCUT2D eigenvalue weighted by Crippen LogP contribution is 2.19. The predicted molar refractivity (Wildman–Crippen MR) is 72.6 cm³/mol. The second-order valence-corrected chi connectivity index (χ2v) is 4.51. The van der Waals surface area contributed by atoms with E-state index in [9.17, 15) is 9.18 Å². The second kappa shape index (κ2) is 7.74. The van der Waals surface area contributed by atoms with Crippen molar-refractivity contribution in [1.82, 2.24) is 10.2 Å². The number of hydrogen-bond donors (Lipinski definition) is 1. The van der Waals surface area contributed by atoms with Crippen molar-refractivity contribution in [2.75, 3.05) is 27.2 Å². The third-order valence-corrected chi connectivity index (χ3v) is 2.61. The Morgan fingerprint density at radius 2 is 2.16 bits per heavy atom. The molecule has 0 saturated carbocycles. The van der Waals surface area contributed by atoms with E-state index in [1.165, 1.54) is 17.0 Å². The number of nitrogens with zero attached hydrogens (tertiary/aromatic N) is 1. The summed E-state index contributed by atoms with van der Waals surface area (Å²) < 4.78 is 18.7. The molecular formula is C14H21FN2O2. The Bertz CT molecular complexity index is 422. The van der Waals surface area contributed by atoms with Gasteiger partial charge in [0.15, 0.2) is 6.61 Å². The predicted octanol–water partition coefficient (Wildman–Crippen LogP) is 1.79. The van der Waals surface area contributed by atoms with Gasteiger partial charge in [-0.1, -0.05) is 6.92 Å². The van der Waals surface area contributed by atoms with Crippen LogP contribution in [0.25, 0.3) is 0 Å². The van der Waals surface area contributed by atoms with Crippen molar-refractivity contribution in [1.29, 1.82) is 0 Å². The van der Waals surface area contributed by atoms with Crippen molar-refractivity contribution in [2.45, 2.75) is 19.9 Å². The van der Waals surface area contributed by atoms with Crippen molar-refractivity contribution in [2.24, 2.45) is 0 Å². The Morgan fingerprint density at radius 3 is 2.79 bits per heavy atom. The van der Waals surface area contributed by atoms with E-state index in [4.69, 9.17) is 4.74 Å². The molecule has 0 spiro atoms. The Hall–Kier alpha value is -1.62. The zero-order chi connectivity index (χ0) is 14.3. The lowest BCUT2D eigenvalue weighted by Gasteiger charge is -2.14. The van der Waals surface area contributed by atoms with Gasteiger partial charge in [0.25, 0.3) is 5.91 Å². The van der Waals surface area contributed by atoms with Crippen molar-refractivity contribution in [3.8, 4) is 5.75 Å². The molecule has 1 amide bonds. The molecule has 1 rings (SSSR count). The van der Waals surface area contributed by atoms with Gasteiger partial charge < -0.3 is 15.0 Å². The molecular weight excluding hydrogens is 247 g/mol. The molecule has 4 nitrogen and oxygen atoms in total. The Kier molecular flexibility index (Phi) is 6.29. The first-order valence-corrected chi connectivity index (χ1v) is 6.36. The van der Waals surface area contributed by atoms with Gasteiger partial charge in [-0.05, 0) is 31.2 Å². The maximum atomic E-state index is 13.2. The topological polar surface area (TPSA) is 41.6 Å². The number of hydrogen-bond acceptors (Lipinski definition) is 3. The summed E-state index contributed by atoms with van der Waals surface area (Å²) in [5.74, 6) is 0.108. The first-order valence-electron chi connectivity index (χ1n) is 6.36. The number of benzene rings is 1. The van der Waals surface area contributed by atoms with Gasteiger partial charge >= 0.3 is 0 Å². The molecule has 0 fully saturated rings. The normalized spacial score (nSPS) is 10.3. The molecule has 19 heavy (non-hydrogen) atoms. The minimum Gasteiger partial charge on any atom is -0.483 e. The molecule has 1 N–H and O–H groups in total. The number of ether oxygens (including phenoxy) is 1. The van der Waals surface area contributed by atoms with E-state index < -0.39 is 0 Å². The first kappa shape index (κ1) is 15.4. The zero-order valence-electron chi connectivity index (χ0n) is 11.7. The third kappa shape index (κ3) is 5.26. The van der Waals surface area contributed by atoms with Gasteiger partial charge in [-0.25, -0.2) is 4.39 Å². The molecule has 0 aliphatic heterocycles. The van der Waals surface area contributed by atoms with Gasteiger partial charge in [0.05, 0.1) is 0 Å². The quantitative estimate of drug-likeness (QED) is 0.767. The lowest BCUT2D eigenvalue weighted by molar-refractivity contribution is -0.130. The smallest absolute Gasteiger partial charge is 0.259 e. The van der Waals surface area contributed by atoms with E-state index >= 15 is 0 Å². The average Bonchev–Trinajstić information content (AvgIpc) is 2.37. The zero-order valence-corrected chi connectivity index (χ0v) is 11.7. The van der Waals surface area contributed by atoms with Crippen LogP contribution >= 0.6 is 0 Å². The fourth-order valence-corrected chi connectivity index (χ4v) is 1.50. The molecule has 0 atom stereocenters. The van der Waals surface area contributed by atoms with Crippen LogP contribution in [-0.4, -0.2) is 38.1 Å². The molecule has 0 aromatic heterocycles. The molecule has 1 aromatic carbocycles. The summed E-state index contributed by atoms with van der Waals surface area (Å²) in [5, 5.41) is 3.19. The van der Waals surface area contributed by atoms with Gasteiger partial charge in [0.2, 0.25) is 0 Å². The Morgan fingerprint density at radius 1 is 1.42 bits per heavy atom. The Labute approximate surface area is 113 Å². The van der Waals surface area contributed by atoms with Crippen LogP contribution in [0.1, 0.15) is 18.9 Å². The lowest BCUT2D eigenvalue weighted by atomic mass is 10.2. The molecule has 0 saturated heterocycles. The molecule has 106 valence electrons. The molecule has 0 unspecified atom stereocenters. The molecule has 0 aliphatic rings. The van der Waals surface area contributed by atoms with Gasteiger partial charge in [0, 0.05) is 26.2 Å². The van der Waals surface area contributed by atoms with Crippen LogP contribution in [0.5, 0.6) is 5.75 Å². The summed E-state index contributed by atoms with van der Waals surface area (Å²) in [5.41, 5.74) is 0.722. The third-order valence-electron chi connectivity index (χ3n) is 2.61. The van der Waals surface area contributed by atoms with Crippen LogP contribution in [0.3, 0.4) is 0 Å². The van der Waals surface area contributed by atoms with E-state index in [0.29, 0.717) is 12.3 Å². The lowest BCUT2D eigenvalue weighted by Crippen LogP contribution is -2.28. The number of likely N-dealkylation sites (N-methyl/N-ethyl adjacent to an activating group) is 1. The largest absolute Gasteiger partial charge is 0.483 e. The van der Waals surface area contributed by atoms with Gasteiger partial charge in [-0.15, -0.1) is 0 Å². The number of rotatable bonds is 7. The molecule has 0 radical (unpaired) electrons. The first-order chi connectivity index (χ1) is 9.04. The monoisotopic (exact) mass is 268 g/mol. The van der Waals surface area contributed by atoms with Gasteiger partial charge in [0.1, 0.15) is 11.6 Å². The average molecular weight is 268 g/mol. The molecule has 0 bridgehead atoms. The van der Waals surface area contributed by atoms with Crippen molar-refractivity contribution in [3.05, 3.63) is 29.6 Å². The maximum Gasteiger partial charge on any atom is 0.259 e. The molecule has 0 heterocycles. The Balaban J connectivity index is 2.67. The summed E-state index contributed by atoms with van der Waals surface area (Å²) in [4.78, 5) is 12.9. The minimum absolute atomic E-state index is 0.0423. The molecule has 1 aromatic rings. The molecule has 0 aliphatic carbocycles. The van der Waals surface area contributed by atoms with Gasteiger partial charge in [-0.2, -0.15) is 0 Å². The van der Waals surface area contributed by atoms with Gasteiger partial charge in [-0.3, -0.25) is 4.79 Å². The van der Waals surface area contributed by atoms with E-state index in [2.05, 4.69) is 12.2 Å². The second-order valence-electron chi connectivity index (χ2n) is 4.51. The van der Waals surface area contributed by atoms with Crippen LogP contribution in [0, 0.1) is 5.82 Å². The van der Waals surface area contributed by atoms with Crippen LogP contribution in [0.2, 0.25) is 0 Å². The van der Waals surface area contributed by atoms with E-state index in [1.54, 1.807) is 20.2 Å². The number of halogens is 1. The fraction of sp³-hybridized carbons (Fsp3) is 0.500. The summed E-state index contributed by atoms with van der Waals surface area (Å²) in [6, 6.07) is 4.32.